The lowest BCUT2D eigenvalue weighted by atomic mass is 9.88. The Kier molecular flexibility index (Phi) is 7.40. The molecule has 0 N–H and O–H groups in total. The molecule has 7 nitrogen and oxygen atoms in total. The predicted molar refractivity (Wildman–Crippen MR) is 128 cm³/mol. The molecule has 0 bridgehead atoms. The van der Waals surface area contributed by atoms with Crippen molar-refractivity contribution in [2.45, 2.75) is 44.9 Å². The van der Waals surface area contributed by atoms with Crippen LogP contribution in [0.4, 0.5) is 0 Å². The SMILES string of the molecule is CCOC(=O)COc1ccc(C=Nn2c(C3CCCCC3)nc3ccccc3c2=O)cc1Cl. The van der Waals surface area contributed by atoms with E-state index in [0.29, 0.717) is 33.1 Å². The largest absolute Gasteiger partial charge is 0.480 e. The highest BCUT2D eigenvalue weighted by molar-refractivity contribution is 6.32. The highest BCUT2D eigenvalue weighted by Crippen LogP contribution is 2.32. The number of fused-ring (bicyclic) bond motifs is 1. The molecule has 0 radical (unpaired) electrons. The molecule has 33 heavy (non-hydrogen) atoms. The maximum atomic E-state index is 13.3. The summed E-state index contributed by atoms with van der Waals surface area (Å²) in [5.41, 5.74) is 1.21. The third kappa shape index (κ3) is 5.42. The molecule has 3 aromatic rings. The molecule has 172 valence electrons. The second-order valence-corrected chi connectivity index (χ2v) is 8.37. The lowest BCUT2D eigenvalue weighted by molar-refractivity contribution is -0.145. The first-order chi connectivity index (χ1) is 16.1. The van der Waals surface area contributed by atoms with Gasteiger partial charge in [-0.1, -0.05) is 43.0 Å². The van der Waals surface area contributed by atoms with Gasteiger partial charge in [-0.15, -0.1) is 0 Å². The second-order valence-electron chi connectivity index (χ2n) is 7.97. The fourth-order valence-corrected chi connectivity index (χ4v) is 4.30. The third-order valence-corrected chi connectivity index (χ3v) is 5.97. The monoisotopic (exact) mass is 467 g/mol. The van der Waals surface area contributed by atoms with E-state index in [1.165, 1.54) is 11.1 Å². The lowest BCUT2D eigenvalue weighted by Gasteiger charge is -2.22. The van der Waals surface area contributed by atoms with Crippen LogP contribution in [0.2, 0.25) is 5.02 Å². The number of aromatic nitrogens is 2. The summed E-state index contributed by atoms with van der Waals surface area (Å²) in [4.78, 5) is 29.6. The van der Waals surface area contributed by atoms with Crippen LogP contribution in [0, 0.1) is 0 Å². The third-order valence-electron chi connectivity index (χ3n) is 5.68. The number of hydrogen-bond donors (Lipinski definition) is 0. The second kappa shape index (κ2) is 10.6. The number of nitrogens with zero attached hydrogens (tertiary/aromatic N) is 3. The van der Waals surface area contributed by atoms with E-state index in [9.17, 15) is 9.59 Å². The van der Waals surface area contributed by atoms with E-state index in [1.807, 2.05) is 18.2 Å². The van der Waals surface area contributed by atoms with Crippen molar-refractivity contribution >= 4 is 34.7 Å². The zero-order chi connectivity index (χ0) is 23.2. The van der Waals surface area contributed by atoms with E-state index in [1.54, 1.807) is 37.4 Å². The maximum Gasteiger partial charge on any atom is 0.344 e. The molecule has 0 amide bonds. The summed E-state index contributed by atoms with van der Waals surface area (Å²) in [5, 5.41) is 5.38. The topological polar surface area (TPSA) is 82.8 Å². The van der Waals surface area contributed by atoms with Gasteiger partial charge in [0.05, 0.1) is 28.7 Å². The molecule has 0 spiro atoms. The number of ether oxygens (including phenoxy) is 2. The molecule has 1 aliphatic carbocycles. The van der Waals surface area contributed by atoms with Crippen LogP contribution in [0.3, 0.4) is 0 Å². The zero-order valence-electron chi connectivity index (χ0n) is 18.5. The number of para-hydroxylation sites is 1. The number of benzene rings is 2. The molecule has 1 aromatic heterocycles. The summed E-state index contributed by atoms with van der Waals surface area (Å²) >= 11 is 6.31. The number of hydrogen-bond acceptors (Lipinski definition) is 6. The van der Waals surface area contributed by atoms with E-state index in [0.717, 1.165) is 25.7 Å². The van der Waals surface area contributed by atoms with Crippen molar-refractivity contribution in [1.82, 2.24) is 9.66 Å². The molecular weight excluding hydrogens is 442 g/mol. The molecule has 0 atom stereocenters. The van der Waals surface area contributed by atoms with Crippen LogP contribution in [-0.4, -0.2) is 35.1 Å². The number of carbonyl (C=O) groups is 1. The zero-order valence-corrected chi connectivity index (χ0v) is 19.3. The molecule has 1 fully saturated rings. The molecule has 4 rings (SSSR count). The van der Waals surface area contributed by atoms with E-state index in [-0.39, 0.29) is 24.7 Å². The van der Waals surface area contributed by atoms with E-state index >= 15 is 0 Å². The minimum Gasteiger partial charge on any atom is -0.480 e. The Hall–Kier alpha value is -3.19. The smallest absolute Gasteiger partial charge is 0.344 e. The van der Waals surface area contributed by atoms with Gasteiger partial charge in [-0.2, -0.15) is 9.78 Å². The van der Waals surface area contributed by atoms with Gasteiger partial charge in [-0.25, -0.2) is 9.78 Å². The number of carbonyl (C=O) groups excluding carboxylic acids is 1. The summed E-state index contributed by atoms with van der Waals surface area (Å²) < 4.78 is 11.7. The molecule has 1 heterocycles. The van der Waals surface area contributed by atoms with Crippen LogP contribution >= 0.6 is 11.6 Å². The van der Waals surface area contributed by atoms with Crippen molar-refractivity contribution in [3.8, 4) is 5.75 Å². The average Bonchev–Trinajstić information content (AvgIpc) is 2.83. The Labute approximate surface area is 197 Å². The first-order valence-corrected chi connectivity index (χ1v) is 11.6. The Morgan fingerprint density at radius 3 is 2.76 bits per heavy atom. The van der Waals surface area contributed by atoms with Gasteiger partial charge in [-0.3, -0.25) is 4.79 Å². The molecule has 2 aromatic carbocycles. The highest BCUT2D eigenvalue weighted by atomic mass is 35.5. The maximum absolute atomic E-state index is 13.3. The van der Waals surface area contributed by atoms with Crippen LogP contribution in [0.15, 0.2) is 52.4 Å². The molecule has 0 unspecified atom stereocenters. The van der Waals surface area contributed by atoms with Gasteiger partial charge in [0.15, 0.2) is 6.61 Å². The van der Waals surface area contributed by atoms with Crippen molar-refractivity contribution in [3.05, 3.63) is 69.2 Å². The van der Waals surface area contributed by atoms with Crippen LogP contribution in [0.25, 0.3) is 10.9 Å². The first kappa shape index (κ1) is 23.0. The van der Waals surface area contributed by atoms with Gasteiger partial charge in [-0.05, 0) is 55.7 Å². The number of esters is 1. The lowest BCUT2D eigenvalue weighted by Crippen LogP contribution is -2.25. The highest BCUT2D eigenvalue weighted by Gasteiger charge is 2.22. The normalized spacial score (nSPS) is 14.6. The summed E-state index contributed by atoms with van der Waals surface area (Å²) in [6.07, 6.45) is 7.04. The summed E-state index contributed by atoms with van der Waals surface area (Å²) in [7, 11) is 0. The van der Waals surface area contributed by atoms with Crippen LogP contribution < -0.4 is 10.3 Å². The molecular formula is C25H26ClN3O4. The van der Waals surface area contributed by atoms with Gasteiger partial charge >= 0.3 is 5.97 Å². The minimum atomic E-state index is -0.461. The Morgan fingerprint density at radius 1 is 1.21 bits per heavy atom. The van der Waals surface area contributed by atoms with Crippen molar-refractivity contribution in [2.75, 3.05) is 13.2 Å². The predicted octanol–water partition coefficient (Wildman–Crippen LogP) is 4.92. The van der Waals surface area contributed by atoms with Gasteiger partial charge in [0.1, 0.15) is 11.6 Å². The molecule has 0 saturated heterocycles. The Bertz CT molecular complexity index is 1230. The Balaban J connectivity index is 1.63. The molecule has 1 saturated carbocycles. The molecule has 0 aliphatic heterocycles. The van der Waals surface area contributed by atoms with E-state index in [2.05, 4.69) is 5.10 Å². The van der Waals surface area contributed by atoms with Gasteiger partial charge in [0.25, 0.3) is 5.56 Å². The summed E-state index contributed by atoms with van der Waals surface area (Å²) in [6, 6.07) is 12.4. The fourth-order valence-electron chi connectivity index (χ4n) is 4.06. The van der Waals surface area contributed by atoms with Crippen molar-refractivity contribution in [1.29, 1.82) is 0 Å². The first-order valence-electron chi connectivity index (χ1n) is 11.2. The van der Waals surface area contributed by atoms with Crippen molar-refractivity contribution in [2.24, 2.45) is 5.10 Å². The standard InChI is InChI=1S/C25H26ClN3O4/c1-2-32-23(30)16-33-22-13-12-17(14-20(22)26)15-27-29-24(18-8-4-3-5-9-18)28-21-11-7-6-10-19(21)25(29)31/h6-7,10-15,18H,2-5,8-9,16H2,1H3. The Morgan fingerprint density at radius 2 is 2.00 bits per heavy atom. The van der Waals surface area contributed by atoms with Gasteiger partial charge in [0, 0.05) is 5.92 Å². The van der Waals surface area contributed by atoms with E-state index < -0.39 is 5.97 Å². The summed E-state index contributed by atoms with van der Waals surface area (Å²) in [5.74, 6) is 0.817. The quantitative estimate of drug-likeness (QED) is 0.363. The van der Waals surface area contributed by atoms with Crippen LogP contribution in [0.5, 0.6) is 5.75 Å². The molecule has 1 aliphatic rings. The van der Waals surface area contributed by atoms with Gasteiger partial charge in [0.2, 0.25) is 0 Å². The number of rotatable bonds is 7. The van der Waals surface area contributed by atoms with Crippen LogP contribution in [0.1, 0.15) is 56.3 Å². The summed E-state index contributed by atoms with van der Waals surface area (Å²) in [6.45, 7) is 1.80. The van der Waals surface area contributed by atoms with Crippen molar-refractivity contribution < 1.29 is 14.3 Å². The van der Waals surface area contributed by atoms with E-state index in [4.69, 9.17) is 26.1 Å². The van der Waals surface area contributed by atoms with Crippen LogP contribution in [-0.2, 0) is 9.53 Å². The number of halogens is 1. The minimum absolute atomic E-state index is 0.182. The van der Waals surface area contributed by atoms with Crippen molar-refractivity contribution in [3.63, 3.8) is 0 Å². The average molecular weight is 468 g/mol. The fraction of sp³-hybridized carbons (Fsp3) is 0.360. The molecule has 8 heteroatoms. The van der Waals surface area contributed by atoms with Gasteiger partial charge < -0.3 is 9.47 Å².